The van der Waals surface area contributed by atoms with Gasteiger partial charge in [-0.25, -0.2) is 0 Å². The molecule has 0 fully saturated rings. The Morgan fingerprint density at radius 2 is 1.69 bits per heavy atom. The third-order valence-electron chi connectivity index (χ3n) is 3.71. The van der Waals surface area contributed by atoms with Crippen LogP contribution in [0, 0.1) is 0 Å². The molecule has 0 atom stereocenters. The van der Waals surface area contributed by atoms with E-state index in [1.54, 1.807) is 12.1 Å². The summed E-state index contributed by atoms with van der Waals surface area (Å²) in [6.45, 7) is 2.39. The first kappa shape index (κ1) is 22.8. The van der Waals surface area contributed by atoms with Gasteiger partial charge in [-0.05, 0) is 30.5 Å². The van der Waals surface area contributed by atoms with E-state index < -0.39 is 5.78 Å². The number of rotatable bonds is 8. The number of methoxy groups -OCH3 is 1. The summed E-state index contributed by atoms with van der Waals surface area (Å²) in [4.78, 5) is 12.3. The molecular weight excluding hydrogens is 363 g/mol. The molecule has 2 aromatic carbocycles. The molecule has 0 saturated heterocycles. The normalized spacial score (nSPS) is 10.1. The van der Waals surface area contributed by atoms with Crippen LogP contribution < -0.4 is 9.47 Å². The fourth-order valence-corrected chi connectivity index (χ4v) is 2.45. The van der Waals surface area contributed by atoms with Crippen LogP contribution in [-0.4, -0.2) is 86.2 Å². The standard InChI is InChI=1S/C19H22O6.K/c1-3-8-25-13-10-16(22)19(17(23)11-13)14(20)6-4-12-5-7-18(24-2)15(21)9-12;/h5,7,9-11,21-23H,3-4,6,8H2,1-2H3;. The summed E-state index contributed by atoms with van der Waals surface area (Å²) < 4.78 is 10.3. The molecule has 0 aliphatic rings. The second-order valence-electron chi connectivity index (χ2n) is 5.61. The Labute approximate surface area is 195 Å². The number of hydrogen-bond acceptors (Lipinski definition) is 6. The van der Waals surface area contributed by atoms with Gasteiger partial charge in [-0.2, -0.15) is 0 Å². The van der Waals surface area contributed by atoms with Gasteiger partial charge in [-0.1, -0.05) is 13.0 Å². The molecule has 1 radical (unpaired) electrons. The molecule has 135 valence electrons. The number of aryl methyl sites for hydroxylation is 1. The Balaban J connectivity index is 0.00000338. The number of carbonyl (C=O) groups excluding carboxylic acids is 1. The summed E-state index contributed by atoms with van der Waals surface area (Å²) >= 11 is 0. The van der Waals surface area contributed by atoms with E-state index in [0.717, 1.165) is 12.0 Å². The van der Waals surface area contributed by atoms with Crippen molar-refractivity contribution >= 4 is 57.2 Å². The van der Waals surface area contributed by atoms with Crippen LogP contribution in [0.3, 0.4) is 0 Å². The van der Waals surface area contributed by atoms with Crippen molar-refractivity contribution in [2.75, 3.05) is 13.7 Å². The van der Waals surface area contributed by atoms with E-state index in [4.69, 9.17) is 9.47 Å². The summed E-state index contributed by atoms with van der Waals surface area (Å²) in [6, 6.07) is 7.52. The monoisotopic (exact) mass is 385 g/mol. The minimum Gasteiger partial charge on any atom is -0.507 e. The van der Waals surface area contributed by atoms with E-state index in [9.17, 15) is 20.1 Å². The predicted molar refractivity (Wildman–Crippen MR) is 98.6 cm³/mol. The Morgan fingerprint density at radius 1 is 1.04 bits per heavy atom. The average Bonchev–Trinajstić information content (AvgIpc) is 2.57. The maximum atomic E-state index is 12.3. The minimum absolute atomic E-state index is 0. The Kier molecular flexibility index (Phi) is 9.46. The van der Waals surface area contributed by atoms with Crippen LogP contribution in [0.2, 0.25) is 0 Å². The van der Waals surface area contributed by atoms with E-state index in [2.05, 4.69) is 0 Å². The van der Waals surface area contributed by atoms with Gasteiger partial charge in [0.05, 0.1) is 13.7 Å². The van der Waals surface area contributed by atoms with Crippen molar-refractivity contribution in [3.05, 3.63) is 41.5 Å². The molecule has 0 aromatic heterocycles. The summed E-state index contributed by atoms with van der Waals surface area (Å²) in [7, 11) is 1.46. The van der Waals surface area contributed by atoms with Gasteiger partial charge >= 0.3 is 0 Å². The molecular formula is C19H22KO6. The van der Waals surface area contributed by atoms with E-state index in [1.165, 1.54) is 25.3 Å². The fourth-order valence-electron chi connectivity index (χ4n) is 2.45. The van der Waals surface area contributed by atoms with Gasteiger partial charge in [-0.15, -0.1) is 0 Å². The van der Waals surface area contributed by atoms with Crippen molar-refractivity contribution in [2.24, 2.45) is 0 Å². The first-order valence-corrected chi connectivity index (χ1v) is 8.04. The average molecular weight is 385 g/mol. The van der Waals surface area contributed by atoms with Crippen LogP contribution >= 0.6 is 0 Å². The third-order valence-corrected chi connectivity index (χ3v) is 3.71. The molecule has 0 spiro atoms. The molecule has 0 aliphatic heterocycles. The van der Waals surface area contributed by atoms with E-state index >= 15 is 0 Å². The van der Waals surface area contributed by atoms with Gasteiger partial charge in [0.15, 0.2) is 17.3 Å². The number of carbonyl (C=O) groups is 1. The molecule has 0 bridgehead atoms. The van der Waals surface area contributed by atoms with E-state index in [0.29, 0.717) is 24.5 Å². The molecule has 0 aliphatic carbocycles. The van der Waals surface area contributed by atoms with Crippen LogP contribution in [0.25, 0.3) is 0 Å². The van der Waals surface area contributed by atoms with Crippen LogP contribution in [0.1, 0.15) is 35.7 Å². The van der Waals surface area contributed by atoms with Crippen molar-refractivity contribution in [1.82, 2.24) is 0 Å². The van der Waals surface area contributed by atoms with Gasteiger partial charge in [0.25, 0.3) is 0 Å². The second kappa shape index (κ2) is 10.8. The molecule has 0 amide bonds. The van der Waals surface area contributed by atoms with Gasteiger partial charge < -0.3 is 24.8 Å². The number of ketones is 1. The van der Waals surface area contributed by atoms with Crippen LogP contribution in [0.15, 0.2) is 30.3 Å². The van der Waals surface area contributed by atoms with Gasteiger partial charge in [0, 0.05) is 69.9 Å². The van der Waals surface area contributed by atoms with Crippen molar-refractivity contribution in [3.8, 4) is 28.7 Å². The number of ether oxygens (including phenoxy) is 2. The minimum atomic E-state index is -0.396. The fraction of sp³-hybridized carbons (Fsp3) is 0.316. The van der Waals surface area contributed by atoms with Gasteiger partial charge in [0.1, 0.15) is 22.8 Å². The largest absolute Gasteiger partial charge is 0.507 e. The summed E-state index contributed by atoms with van der Waals surface area (Å²) in [5, 5.41) is 29.8. The molecule has 7 heteroatoms. The SMILES string of the molecule is CCCOc1cc(O)c(C(=O)CCc2ccc(OC)c(O)c2)c(O)c1.[K]. The number of hydrogen-bond donors (Lipinski definition) is 3. The number of Topliss-reactive ketones (excluding diaryl/α,β-unsaturated/α-hetero) is 1. The zero-order valence-electron chi connectivity index (χ0n) is 15.3. The van der Waals surface area contributed by atoms with Crippen molar-refractivity contribution in [2.45, 2.75) is 26.2 Å². The molecule has 2 rings (SSSR count). The first-order chi connectivity index (χ1) is 12.0. The topological polar surface area (TPSA) is 96.2 Å². The van der Waals surface area contributed by atoms with Crippen molar-refractivity contribution in [3.63, 3.8) is 0 Å². The predicted octanol–water partition coefficient (Wildman–Crippen LogP) is 3.04. The van der Waals surface area contributed by atoms with Gasteiger partial charge in [0.2, 0.25) is 0 Å². The van der Waals surface area contributed by atoms with Crippen LogP contribution in [-0.2, 0) is 6.42 Å². The van der Waals surface area contributed by atoms with Crippen molar-refractivity contribution in [1.29, 1.82) is 0 Å². The Bertz CT molecular complexity index is 737. The number of phenolic OH excluding ortho intramolecular Hbond substituents is 3. The molecule has 0 unspecified atom stereocenters. The molecule has 6 nitrogen and oxygen atoms in total. The van der Waals surface area contributed by atoms with Crippen LogP contribution in [0.4, 0.5) is 0 Å². The van der Waals surface area contributed by atoms with Crippen LogP contribution in [0.5, 0.6) is 28.7 Å². The maximum absolute atomic E-state index is 12.3. The Hall–Kier alpha value is -1.25. The number of benzene rings is 2. The van der Waals surface area contributed by atoms with Crippen molar-refractivity contribution < 1.29 is 29.6 Å². The number of aromatic hydroxyl groups is 3. The molecule has 0 saturated carbocycles. The second-order valence-corrected chi connectivity index (χ2v) is 5.61. The number of phenols is 3. The third kappa shape index (κ3) is 5.89. The maximum Gasteiger partial charge on any atom is 0.170 e. The summed E-state index contributed by atoms with van der Waals surface area (Å²) in [6.07, 6.45) is 1.21. The van der Waals surface area contributed by atoms with Gasteiger partial charge in [-0.3, -0.25) is 4.79 Å². The van der Waals surface area contributed by atoms with E-state index in [-0.39, 0.29) is 80.6 Å². The molecule has 3 N–H and O–H groups in total. The molecule has 0 heterocycles. The summed E-state index contributed by atoms with van der Waals surface area (Å²) in [5.74, 6) is -0.355. The van der Waals surface area contributed by atoms with E-state index in [1.807, 2.05) is 6.92 Å². The molecule has 2 aromatic rings. The zero-order chi connectivity index (χ0) is 18.4. The smallest absolute Gasteiger partial charge is 0.170 e. The first-order valence-electron chi connectivity index (χ1n) is 8.04. The quantitative estimate of drug-likeness (QED) is 0.477. The molecule has 26 heavy (non-hydrogen) atoms. The zero-order valence-corrected chi connectivity index (χ0v) is 18.4. The Morgan fingerprint density at radius 3 is 2.23 bits per heavy atom. The summed E-state index contributed by atoms with van der Waals surface area (Å²) in [5.41, 5.74) is 0.620.